The van der Waals surface area contributed by atoms with E-state index in [1.54, 1.807) is 0 Å². The number of rotatable bonds is 4. The molecule has 0 amide bonds. The van der Waals surface area contributed by atoms with E-state index >= 15 is 0 Å². The van der Waals surface area contributed by atoms with Crippen LogP contribution in [0.2, 0.25) is 10.6 Å². The van der Waals surface area contributed by atoms with Crippen LogP contribution in [-0.4, -0.2) is 43.9 Å². The lowest BCUT2D eigenvalue weighted by Crippen LogP contribution is -2.37. The van der Waals surface area contributed by atoms with Crippen molar-refractivity contribution in [2.45, 2.75) is 12.5 Å². The van der Waals surface area contributed by atoms with Crippen LogP contribution < -0.4 is 5.32 Å². The zero-order valence-corrected chi connectivity index (χ0v) is 9.42. The summed E-state index contributed by atoms with van der Waals surface area (Å²) < 4.78 is 0. The fourth-order valence-electron chi connectivity index (χ4n) is 0.730. The van der Waals surface area contributed by atoms with Crippen molar-refractivity contribution in [3.05, 3.63) is 10.6 Å². The summed E-state index contributed by atoms with van der Waals surface area (Å²) >= 11 is 11.1. The Kier molecular flexibility index (Phi) is 4.04. The maximum Gasteiger partial charge on any atom is 0.228 e. The molecule has 15 heavy (non-hydrogen) atoms. The molecule has 1 aromatic heterocycles. The first-order valence-corrected chi connectivity index (χ1v) is 4.83. The number of nitrogens with one attached hydrogen (secondary N) is 1. The highest BCUT2D eigenvalue weighted by Crippen LogP contribution is 2.10. The lowest BCUT2D eigenvalue weighted by atomic mass is 10.1. The molecule has 1 heterocycles. The monoisotopic (exact) mass is 252 g/mol. The molecule has 0 bridgehead atoms. The summed E-state index contributed by atoms with van der Waals surface area (Å²) in [6, 6.07) is 0. The van der Waals surface area contributed by atoms with Crippen LogP contribution in [0.1, 0.15) is 6.92 Å². The summed E-state index contributed by atoms with van der Waals surface area (Å²) in [6.45, 7) is 1.15. The minimum absolute atomic E-state index is 0.0406. The Morgan fingerprint density at radius 1 is 1.27 bits per heavy atom. The Morgan fingerprint density at radius 2 is 1.80 bits per heavy atom. The average molecular weight is 253 g/mol. The minimum Gasteiger partial charge on any atom is -0.393 e. The van der Waals surface area contributed by atoms with Gasteiger partial charge in [-0.05, 0) is 30.1 Å². The van der Waals surface area contributed by atoms with Crippen molar-refractivity contribution in [3.8, 4) is 0 Å². The standard InChI is InChI=1S/C7H10Cl2N4O2/c1-7(15,3-14)2-10-6-12-4(8)11-5(9)13-6/h14-15H,2-3H2,1H3,(H,10,11,12,13). The van der Waals surface area contributed by atoms with Gasteiger partial charge in [0, 0.05) is 6.54 Å². The number of aliphatic hydroxyl groups is 2. The second kappa shape index (κ2) is 4.89. The first-order chi connectivity index (χ1) is 6.93. The van der Waals surface area contributed by atoms with Crippen molar-refractivity contribution in [2.75, 3.05) is 18.5 Å². The second-order valence-corrected chi connectivity index (χ2v) is 3.88. The summed E-state index contributed by atoms with van der Waals surface area (Å²) in [4.78, 5) is 11.0. The van der Waals surface area contributed by atoms with Crippen molar-refractivity contribution in [1.82, 2.24) is 15.0 Å². The van der Waals surface area contributed by atoms with Gasteiger partial charge in [-0.15, -0.1) is 0 Å². The molecule has 0 radical (unpaired) electrons. The Hall–Kier alpha value is -0.690. The van der Waals surface area contributed by atoms with E-state index in [2.05, 4.69) is 20.3 Å². The van der Waals surface area contributed by atoms with Crippen LogP contribution in [0.5, 0.6) is 0 Å². The molecule has 1 aromatic rings. The highest BCUT2D eigenvalue weighted by Gasteiger charge is 2.19. The molecule has 0 aliphatic heterocycles. The summed E-state index contributed by atoms with van der Waals surface area (Å²) in [5.41, 5.74) is -1.26. The molecule has 0 fully saturated rings. The fourth-order valence-corrected chi connectivity index (χ4v) is 1.09. The van der Waals surface area contributed by atoms with Gasteiger partial charge in [0.2, 0.25) is 16.5 Å². The van der Waals surface area contributed by atoms with E-state index in [0.29, 0.717) is 0 Å². The third-order valence-electron chi connectivity index (χ3n) is 1.55. The maximum atomic E-state index is 9.47. The van der Waals surface area contributed by atoms with E-state index in [1.165, 1.54) is 6.92 Å². The SMILES string of the molecule is CC(O)(CO)CNc1nc(Cl)nc(Cl)n1. The van der Waals surface area contributed by atoms with Gasteiger partial charge in [-0.1, -0.05) is 0 Å². The zero-order valence-electron chi connectivity index (χ0n) is 7.91. The van der Waals surface area contributed by atoms with Crippen LogP contribution >= 0.6 is 23.2 Å². The molecular formula is C7H10Cl2N4O2. The fraction of sp³-hybridized carbons (Fsp3) is 0.571. The van der Waals surface area contributed by atoms with Crippen molar-refractivity contribution in [2.24, 2.45) is 0 Å². The highest BCUT2D eigenvalue weighted by atomic mass is 35.5. The van der Waals surface area contributed by atoms with Crippen LogP contribution in [0, 0.1) is 0 Å². The molecule has 3 N–H and O–H groups in total. The van der Waals surface area contributed by atoms with Gasteiger partial charge in [-0.25, -0.2) is 0 Å². The molecular weight excluding hydrogens is 243 g/mol. The highest BCUT2D eigenvalue weighted by molar-refractivity contribution is 6.31. The minimum atomic E-state index is -1.26. The summed E-state index contributed by atoms with van der Waals surface area (Å²) in [6.07, 6.45) is 0. The van der Waals surface area contributed by atoms with Gasteiger partial charge < -0.3 is 15.5 Å². The number of halogens is 2. The Labute approximate surface area is 96.3 Å². The first kappa shape index (κ1) is 12.4. The van der Waals surface area contributed by atoms with Crippen molar-refractivity contribution in [1.29, 1.82) is 0 Å². The van der Waals surface area contributed by atoms with E-state index < -0.39 is 5.60 Å². The zero-order chi connectivity index (χ0) is 11.5. The molecule has 1 rings (SSSR count). The largest absolute Gasteiger partial charge is 0.393 e. The Morgan fingerprint density at radius 3 is 2.27 bits per heavy atom. The summed E-state index contributed by atoms with van der Waals surface area (Å²) in [5, 5.41) is 20.9. The van der Waals surface area contributed by atoms with E-state index in [-0.39, 0.29) is 29.7 Å². The summed E-state index contributed by atoms with van der Waals surface area (Å²) in [7, 11) is 0. The predicted molar refractivity (Wildman–Crippen MR) is 56.0 cm³/mol. The number of anilines is 1. The lowest BCUT2D eigenvalue weighted by molar-refractivity contribution is 0.0131. The van der Waals surface area contributed by atoms with Gasteiger partial charge >= 0.3 is 0 Å². The number of aromatic nitrogens is 3. The molecule has 0 aliphatic rings. The average Bonchev–Trinajstić information content (AvgIpc) is 2.14. The topological polar surface area (TPSA) is 91.2 Å². The van der Waals surface area contributed by atoms with Crippen LogP contribution in [-0.2, 0) is 0 Å². The molecule has 0 aliphatic carbocycles. The van der Waals surface area contributed by atoms with E-state index in [9.17, 15) is 5.11 Å². The van der Waals surface area contributed by atoms with E-state index in [1.807, 2.05) is 0 Å². The van der Waals surface area contributed by atoms with Gasteiger partial charge in [0.25, 0.3) is 0 Å². The van der Waals surface area contributed by atoms with Crippen LogP contribution in [0.4, 0.5) is 5.95 Å². The molecule has 84 valence electrons. The van der Waals surface area contributed by atoms with Gasteiger partial charge in [0.15, 0.2) is 0 Å². The quantitative estimate of drug-likeness (QED) is 0.716. The molecule has 1 atom stereocenters. The molecule has 8 heteroatoms. The summed E-state index contributed by atoms with van der Waals surface area (Å²) in [5.74, 6) is 0.147. The smallest absolute Gasteiger partial charge is 0.228 e. The van der Waals surface area contributed by atoms with Gasteiger partial charge in [0.05, 0.1) is 6.61 Å². The molecule has 0 saturated heterocycles. The molecule has 0 aromatic carbocycles. The van der Waals surface area contributed by atoms with Gasteiger partial charge in [-0.3, -0.25) is 0 Å². The molecule has 1 unspecified atom stereocenters. The second-order valence-electron chi connectivity index (χ2n) is 3.21. The number of hydrogen-bond acceptors (Lipinski definition) is 6. The first-order valence-electron chi connectivity index (χ1n) is 4.07. The predicted octanol–water partition coefficient (Wildman–Crippen LogP) is 0.334. The third kappa shape index (κ3) is 4.13. The molecule has 0 spiro atoms. The van der Waals surface area contributed by atoms with Crippen molar-refractivity contribution >= 4 is 29.2 Å². The number of aliphatic hydroxyl groups excluding tert-OH is 1. The number of hydrogen-bond donors (Lipinski definition) is 3. The Balaban J connectivity index is 2.65. The lowest BCUT2D eigenvalue weighted by Gasteiger charge is -2.20. The number of nitrogens with zero attached hydrogens (tertiary/aromatic N) is 3. The van der Waals surface area contributed by atoms with Crippen LogP contribution in [0.25, 0.3) is 0 Å². The Bertz CT molecular complexity index is 328. The third-order valence-corrected chi connectivity index (χ3v) is 1.89. The normalized spacial score (nSPS) is 14.7. The van der Waals surface area contributed by atoms with Gasteiger partial charge in [-0.2, -0.15) is 15.0 Å². The van der Waals surface area contributed by atoms with Crippen LogP contribution in [0.15, 0.2) is 0 Å². The molecule has 6 nitrogen and oxygen atoms in total. The molecule has 0 saturated carbocycles. The van der Waals surface area contributed by atoms with E-state index in [0.717, 1.165) is 0 Å². The van der Waals surface area contributed by atoms with E-state index in [4.69, 9.17) is 28.3 Å². The van der Waals surface area contributed by atoms with Crippen molar-refractivity contribution < 1.29 is 10.2 Å². The maximum absolute atomic E-state index is 9.47. The van der Waals surface area contributed by atoms with Crippen molar-refractivity contribution in [3.63, 3.8) is 0 Å². The van der Waals surface area contributed by atoms with Crippen LogP contribution in [0.3, 0.4) is 0 Å². The van der Waals surface area contributed by atoms with Gasteiger partial charge in [0.1, 0.15) is 5.60 Å².